The van der Waals surface area contributed by atoms with Gasteiger partial charge in [0.15, 0.2) is 0 Å². The molecular weight excluding hydrogens is 363 g/mol. The van der Waals surface area contributed by atoms with Crippen molar-refractivity contribution in [1.82, 2.24) is 4.98 Å². The zero-order valence-corrected chi connectivity index (χ0v) is 16.1. The number of rotatable bonds is 8. The van der Waals surface area contributed by atoms with Gasteiger partial charge in [-0.3, -0.25) is 4.57 Å². The molecule has 0 unspecified atom stereocenters. The van der Waals surface area contributed by atoms with Crippen LogP contribution in [0.2, 0.25) is 0 Å². The van der Waals surface area contributed by atoms with Gasteiger partial charge in [-0.15, -0.1) is 0 Å². The Balaban J connectivity index is 1.88. The highest BCUT2D eigenvalue weighted by Gasteiger charge is 2.33. The van der Waals surface area contributed by atoms with Gasteiger partial charge < -0.3 is 18.8 Å². The topological polar surface area (TPSA) is 73.6 Å². The SMILES string of the molecule is COP(=O)(OC)c1nc(/C=C/c2ccccc2)oc1NCc1ccccc1. The Bertz CT molecular complexity index is 931. The molecule has 0 spiro atoms. The second kappa shape index (κ2) is 8.82. The van der Waals surface area contributed by atoms with E-state index in [9.17, 15) is 4.57 Å². The van der Waals surface area contributed by atoms with Crippen LogP contribution in [0.15, 0.2) is 65.1 Å². The van der Waals surface area contributed by atoms with Crippen molar-refractivity contribution in [2.24, 2.45) is 0 Å². The molecule has 140 valence electrons. The van der Waals surface area contributed by atoms with Crippen molar-refractivity contribution >= 4 is 31.1 Å². The number of oxazole rings is 1. The Morgan fingerprint density at radius 3 is 2.26 bits per heavy atom. The Hall–Kier alpha value is -2.66. The molecule has 2 aromatic carbocycles. The first-order chi connectivity index (χ1) is 13.1. The summed E-state index contributed by atoms with van der Waals surface area (Å²) >= 11 is 0. The highest BCUT2D eigenvalue weighted by Crippen LogP contribution is 2.47. The van der Waals surface area contributed by atoms with Crippen molar-refractivity contribution in [1.29, 1.82) is 0 Å². The molecule has 0 fully saturated rings. The van der Waals surface area contributed by atoms with E-state index in [2.05, 4.69) is 10.3 Å². The van der Waals surface area contributed by atoms with Gasteiger partial charge in [0.1, 0.15) is 0 Å². The lowest BCUT2D eigenvalue weighted by Crippen LogP contribution is -2.14. The standard InChI is InChI=1S/C20H21N2O4P/c1-24-27(23,25-2)20-19(21-15-17-11-7-4-8-12-17)26-18(22-20)14-13-16-9-5-3-6-10-16/h3-14,21H,15H2,1-2H3/b14-13+. The molecule has 1 heterocycles. The molecule has 3 aromatic rings. The lowest BCUT2D eigenvalue weighted by molar-refractivity contribution is 0.286. The van der Waals surface area contributed by atoms with Crippen molar-refractivity contribution in [3.05, 3.63) is 77.7 Å². The third-order valence-corrected chi connectivity index (χ3v) is 5.66. The molecule has 1 aromatic heterocycles. The minimum atomic E-state index is -3.57. The van der Waals surface area contributed by atoms with Gasteiger partial charge in [-0.25, -0.2) is 0 Å². The number of nitrogens with zero attached hydrogens (tertiary/aromatic N) is 1. The van der Waals surface area contributed by atoms with Gasteiger partial charge in [-0.2, -0.15) is 4.98 Å². The van der Waals surface area contributed by atoms with Crippen molar-refractivity contribution < 1.29 is 18.0 Å². The van der Waals surface area contributed by atoms with E-state index in [-0.39, 0.29) is 11.3 Å². The van der Waals surface area contributed by atoms with E-state index < -0.39 is 7.60 Å². The average molecular weight is 384 g/mol. The summed E-state index contributed by atoms with van der Waals surface area (Å²) in [6.45, 7) is 0.484. The summed E-state index contributed by atoms with van der Waals surface area (Å²) in [5, 5.41) is 3.13. The predicted molar refractivity (Wildman–Crippen MR) is 107 cm³/mol. The first kappa shape index (κ1) is 19.1. The summed E-state index contributed by atoms with van der Waals surface area (Å²) in [5.74, 6) is 0.567. The van der Waals surface area contributed by atoms with E-state index >= 15 is 0 Å². The summed E-state index contributed by atoms with van der Waals surface area (Å²) in [5.41, 5.74) is 2.17. The first-order valence-electron chi connectivity index (χ1n) is 8.38. The Morgan fingerprint density at radius 1 is 1.00 bits per heavy atom. The smallest absolute Gasteiger partial charge is 0.384 e. The van der Waals surface area contributed by atoms with E-state index in [1.807, 2.05) is 66.7 Å². The van der Waals surface area contributed by atoms with Crippen LogP contribution in [0.3, 0.4) is 0 Å². The summed E-state index contributed by atoms with van der Waals surface area (Å²) in [7, 11) is -0.931. The summed E-state index contributed by atoms with van der Waals surface area (Å²) < 4.78 is 28.8. The molecular formula is C20H21N2O4P. The second-order valence-corrected chi connectivity index (χ2v) is 7.80. The fourth-order valence-electron chi connectivity index (χ4n) is 2.46. The largest absolute Gasteiger partial charge is 0.420 e. The molecule has 0 bridgehead atoms. The number of aromatic nitrogens is 1. The van der Waals surface area contributed by atoms with E-state index in [1.165, 1.54) is 14.2 Å². The normalized spacial score (nSPS) is 11.8. The molecule has 0 radical (unpaired) electrons. The van der Waals surface area contributed by atoms with E-state index in [1.54, 1.807) is 6.08 Å². The van der Waals surface area contributed by atoms with Crippen LogP contribution in [-0.4, -0.2) is 19.2 Å². The maximum atomic E-state index is 12.8. The summed E-state index contributed by atoms with van der Waals surface area (Å²) in [6, 6.07) is 19.5. The van der Waals surface area contributed by atoms with Gasteiger partial charge in [0.2, 0.25) is 17.2 Å². The molecule has 0 atom stereocenters. The number of benzene rings is 2. The maximum Gasteiger partial charge on any atom is 0.384 e. The molecule has 0 saturated carbocycles. The number of hydrogen-bond donors (Lipinski definition) is 1. The number of nitrogens with one attached hydrogen (secondary N) is 1. The van der Waals surface area contributed by atoms with Crippen molar-refractivity contribution in [2.75, 3.05) is 19.5 Å². The Kier molecular flexibility index (Phi) is 6.24. The van der Waals surface area contributed by atoms with Crippen LogP contribution in [0, 0.1) is 0 Å². The van der Waals surface area contributed by atoms with Gasteiger partial charge in [0, 0.05) is 26.8 Å². The third-order valence-electron chi connectivity index (χ3n) is 3.88. The van der Waals surface area contributed by atoms with Crippen LogP contribution in [0.1, 0.15) is 17.0 Å². The van der Waals surface area contributed by atoms with Crippen molar-refractivity contribution in [3.8, 4) is 0 Å². The summed E-state index contributed by atoms with van der Waals surface area (Å²) in [6.07, 6.45) is 3.57. The first-order valence-corrected chi connectivity index (χ1v) is 9.93. The van der Waals surface area contributed by atoms with Gasteiger partial charge in [0.05, 0.1) is 0 Å². The predicted octanol–water partition coefficient (Wildman–Crippen LogP) is 4.57. The van der Waals surface area contributed by atoms with Crippen molar-refractivity contribution in [2.45, 2.75) is 6.54 Å². The van der Waals surface area contributed by atoms with Crippen molar-refractivity contribution in [3.63, 3.8) is 0 Å². The number of anilines is 1. The molecule has 3 rings (SSSR count). The molecule has 0 aliphatic heterocycles. The fraction of sp³-hybridized carbons (Fsp3) is 0.150. The van der Waals surface area contributed by atoms with E-state index in [0.717, 1.165) is 11.1 Å². The maximum absolute atomic E-state index is 12.8. The zero-order valence-electron chi connectivity index (χ0n) is 15.2. The zero-order chi connectivity index (χ0) is 19.1. The van der Waals surface area contributed by atoms with Gasteiger partial charge in [-0.05, 0) is 17.2 Å². The fourth-order valence-corrected chi connectivity index (χ4v) is 3.55. The highest BCUT2D eigenvalue weighted by atomic mass is 31.2. The highest BCUT2D eigenvalue weighted by molar-refractivity contribution is 7.62. The molecule has 1 N–H and O–H groups in total. The minimum Gasteiger partial charge on any atom is -0.420 e. The lowest BCUT2D eigenvalue weighted by atomic mass is 10.2. The van der Waals surface area contributed by atoms with Crippen LogP contribution < -0.4 is 10.8 Å². The minimum absolute atomic E-state index is 0.121. The summed E-state index contributed by atoms with van der Waals surface area (Å²) in [4.78, 5) is 4.32. The van der Waals surface area contributed by atoms with E-state index in [4.69, 9.17) is 13.5 Å². The quantitative estimate of drug-likeness (QED) is 0.574. The molecule has 0 aliphatic rings. The van der Waals surface area contributed by atoms with Crippen LogP contribution in [-0.2, 0) is 20.2 Å². The van der Waals surface area contributed by atoms with Crippen LogP contribution in [0.25, 0.3) is 12.2 Å². The number of hydrogen-bond acceptors (Lipinski definition) is 6. The average Bonchev–Trinajstić information content (AvgIpc) is 3.15. The van der Waals surface area contributed by atoms with Crippen LogP contribution in [0.4, 0.5) is 5.88 Å². The molecule has 27 heavy (non-hydrogen) atoms. The lowest BCUT2D eigenvalue weighted by Gasteiger charge is -2.12. The second-order valence-electron chi connectivity index (χ2n) is 5.65. The van der Waals surface area contributed by atoms with Crippen LogP contribution >= 0.6 is 7.60 Å². The molecule has 0 aliphatic carbocycles. The van der Waals surface area contributed by atoms with Gasteiger partial charge in [0.25, 0.3) is 0 Å². The Morgan fingerprint density at radius 2 is 1.63 bits per heavy atom. The van der Waals surface area contributed by atoms with Crippen LogP contribution in [0.5, 0.6) is 0 Å². The molecule has 6 nitrogen and oxygen atoms in total. The monoisotopic (exact) mass is 384 g/mol. The van der Waals surface area contributed by atoms with Gasteiger partial charge in [-0.1, -0.05) is 60.7 Å². The third kappa shape index (κ3) is 4.74. The molecule has 7 heteroatoms. The molecule has 0 amide bonds. The van der Waals surface area contributed by atoms with E-state index in [0.29, 0.717) is 12.4 Å². The molecule has 0 saturated heterocycles. The van der Waals surface area contributed by atoms with Gasteiger partial charge >= 0.3 is 7.60 Å². The Labute approximate surface area is 158 Å².